The van der Waals surface area contributed by atoms with E-state index in [1.165, 1.54) is 21.8 Å². The predicted octanol–water partition coefficient (Wildman–Crippen LogP) is 0.0788. The number of halogens is 2. The van der Waals surface area contributed by atoms with Gasteiger partial charge in [0, 0.05) is 0 Å². The highest BCUT2D eigenvalue weighted by molar-refractivity contribution is 6.29. The van der Waals surface area contributed by atoms with Gasteiger partial charge in [-0.05, 0) is 64.7 Å². The van der Waals surface area contributed by atoms with Crippen molar-refractivity contribution < 1.29 is 58.4 Å². The largest absolute Gasteiger partial charge is 0.464 e. The van der Waals surface area contributed by atoms with Crippen LogP contribution >= 0.6 is 23.2 Å². The Balaban J connectivity index is 0.000000214. The Morgan fingerprint density at radius 2 is 1.05 bits per heavy atom. The lowest BCUT2D eigenvalue weighted by atomic mass is 10.1. The van der Waals surface area contributed by atoms with E-state index in [9.17, 15) is 30.0 Å². The molecule has 0 radical (unpaired) electrons. The van der Waals surface area contributed by atoms with E-state index in [1.807, 2.05) is 0 Å². The van der Waals surface area contributed by atoms with Crippen molar-refractivity contribution in [2.24, 2.45) is 0 Å². The van der Waals surface area contributed by atoms with Crippen LogP contribution in [0.5, 0.6) is 0 Å². The van der Waals surface area contributed by atoms with Crippen molar-refractivity contribution in [2.45, 2.75) is 102 Å². The number of carbonyl (C=O) groups excluding carboxylic acids is 2. The van der Waals surface area contributed by atoms with E-state index >= 15 is 0 Å². The van der Waals surface area contributed by atoms with E-state index in [1.54, 1.807) is 41.5 Å². The van der Waals surface area contributed by atoms with Gasteiger partial charge >= 0.3 is 11.9 Å². The number of nitrogens with two attached hydrogens (primary N) is 2. The van der Waals surface area contributed by atoms with Crippen molar-refractivity contribution in [1.29, 1.82) is 0 Å². The molecule has 22 nitrogen and oxygen atoms in total. The van der Waals surface area contributed by atoms with Gasteiger partial charge in [0.15, 0.2) is 46.6 Å². The highest BCUT2D eigenvalue weighted by Gasteiger charge is 2.47. The average molecular weight is 832 g/mol. The maximum Gasteiger partial charge on any atom is 0.337 e. The standard InChI is InChI=1S/2C16H22ClN5O6/c2*1-4-26-14(25)16(2,3)27-5-7-9(23)10(24)13(28-7)22-6-19-8-11(18)20-15(17)21-12(8)22/h2*6-7,9-10,13,23-24H,4-5H2,1-3H3,(H2,18,20,21)/t2*7-,9-,10-,13-/m11/s1. The number of fused-ring (bicyclic) bond motifs is 2. The van der Waals surface area contributed by atoms with Gasteiger partial charge in [-0.15, -0.1) is 0 Å². The fourth-order valence-corrected chi connectivity index (χ4v) is 6.04. The number of aliphatic hydroxyl groups is 4. The molecule has 0 bridgehead atoms. The molecule has 0 aliphatic carbocycles. The number of aliphatic hydroxyl groups excluding tert-OH is 4. The van der Waals surface area contributed by atoms with Crippen LogP contribution in [0.3, 0.4) is 0 Å². The lowest BCUT2D eigenvalue weighted by Gasteiger charge is -2.25. The molecule has 2 saturated heterocycles. The molecule has 8 N–H and O–H groups in total. The van der Waals surface area contributed by atoms with E-state index in [0.29, 0.717) is 0 Å². The van der Waals surface area contributed by atoms with Crippen molar-refractivity contribution in [3.63, 3.8) is 0 Å². The van der Waals surface area contributed by atoms with Crippen LogP contribution in [-0.4, -0.2) is 146 Å². The van der Waals surface area contributed by atoms with Crippen LogP contribution < -0.4 is 11.5 Å². The highest BCUT2D eigenvalue weighted by Crippen LogP contribution is 2.35. The van der Waals surface area contributed by atoms with Crippen molar-refractivity contribution in [1.82, 2.24) is 39.0 Å². The lowest BCUT2D eigenvalue weighted by Crippen LogP contribution is -2.41. The molecule has 2 aliphatic heterocycles. The number of nitrogens with zero attached hydrogens (tertiary/aromatic N) is 8. The van der Waals surface area contributed by atoms with Gasteiger partial charge in [0.2, 0.25) is 10.6 Å². The number of imidazole rings is 2. The molecule has 0 aromatic carbocycles. The second kappa shape index (κ2) is 17.2. The Hall–Kier alpha value is -4.10. The molecule has 6 rings (SSSR count). The first-order chi connectivity index (χ1) is 26.3. The highest BCUT2D eigenvalue weighted by atomic mass is 35.5. The average Bonchev–Trinajstić information content (AvgIpc) is 3.88. The van der Waals surface area contributed by atoms with Crippen LogP contribution in [0.4, 0.5) is 11.6 Å². The fraction of sp³-hybridized carbons (Fsp3) is 0.625. The first kappa shape index (κ1) is 43.0. The van der Waals surface area contributed by atoms with Crippen LogP contribution in [-0.2, 0) is 38.0 Å². The molecule has 8 atom stereocenters. The van der Waals surface area contributed by atoms with Crippen LogP contribution in [0.2, 0.25) is 10.6 Å². The third-order valence-corrected chi connectivity index (χ3v) is 9.15. The van der Waals surface area contributed by atoms with Crippen LogP contribution in [0.25, 0.3) is 22.3 Å². The van der Waals surface area contributed by atoms with Crippen LogP contribution in [0.15, 0.2) is 12.7 Å². The van der Waals surface area contributed by atoms with Gasteiger partial charge in [-0.2, -0.15) is 19.9 Å². The number of hydrogen-bond acceptors (Lipinski definition) is 20. The third-order valence-electron chi connectivity index (χ3n) is 8.82. The second-order valence-electron chi connectivity index (χ2n) is 13.6. The number of aromatic nitrogens is 8. The number of ether oxygens (including phenoxy) is 6. The normalized spacial score (nSPS) is 25.4. The van der Waals surface area contributed by atoms with Gasteiger partial charge in [0.1, 0.15) is 47.7 Å². The number of esters is 2. The Kier molecular flexibility index (Phi) is 13.2. The number of rotatable bonds is 12. The molecule has 6 heterocycles. The Morgan fingerprint density at radius 3 is 1.39 bits per heavy atom. The summed E-state index contributed by atoms with van der Waals surface area (Å²) in [6.07, 6.45) is -6.24. The summed E-state index contributed by atoms with van der Waals surface area (Å²) in [5.74, 6) is -0.917. The number of nitrogen functional groups attached to an aromatic ring is 2. The van der Waals surface area contributed by atoms with Gasteiger partial charge in [0.05, 0.1) is 39.1 Å². The fourth-order valence-electron chi connectivity index (χ4n) is 5.70. The number of anilines is 2. The summed E-state index contributed by atoms with van der Waals surface area (Å²) in [7, 11) is 0. The molecule has 24 heteroatoms. The molecule has 56 heavy (non-hydrogen) atoms. The topological polar surface area (TPSA) is 310 Å². The molecule has 0 unspecified atom stereocenters. The molecular weight excluding hydrogens is 787 g/mol. The second-order valence-corrected chi connectivity index (χ2v) is 14.3. The minimum atomic E-state index is -1.30. The summed E-state index contributed by atoms with van der Waals surface area (Å²) in [5.41, 5.74) is 10.2. The van der Waals surface area contributed by atoms with Gasteiger partial charge in [-0.1, -0.05) is 0 Å². The smallest absolute Gasteiger partial charge is 0.337 e. The SMILES string of the molecule is CCOC(=O)C(C)(C)OC[C@H]1O[C@@H](n2cnc3c(N)nc(Cl)nc32)[C@H](O)[C@@H]1O.CCOC(=O)C(C)(C)OC[C@H]1O[C@@H](n2cnc3c(N)nc(Cl)nc32)[C@H](O)[C@@H]1O. The molecule has 0 spiro atoms. The van der Waals surface area contributed by atoms with E-state index < -0.39 is 72.2 Å². The quantitative estimate of drug-likeness (QED) is 0.0813. The molecular formula is C32H44Cl2N10O12. The van der Waals surface area contributed by atoms with E-state index in [4.69, 9.17) is 63.1 Å². The third kappa shape index (κ3) is 8.88. The number of hydrogen-bond donors (Lipinski definition) is 6. The lowest BCUT2D eigenvalue weighted by molar-refractivity contribution is -0.174. The molecule has 4 aromatic rings. The molecule has 2 fully saturated rings. The Labute approximate surface area is 328 Å². The van der Waals surface area contributed by atoms with Gasteiger partial charge in [-0.3, -0.25) is 9.13 Å². The minimum Gasteiger partial charge on any atom is -0.464 e. The van der Waals surface area contributed by atoms with Gasteiger partial charge in [-0.25, -0.2) is 19.6 Å². The summed E-state index contributed by atoms with van der Waals surface area (Å²) in [6.45, 7) is 9.71. The van der Waals surface area contributed by atoms with Crippen molar-refractivity contribution in [3.05, 3.63) is 23.2 Å². The summed E-state index contributed by atoms with van der Waals surface area (Å²) >= 11 is 11.7. The van der Waals surface area contributed by atoms with Gasteiger partial charge in [0.25, 0.3) is 0 Å². The van der Waals surface area contributed by atoms with Crippen molar-refractivity contribution in [3.8, 4) is 0 Å². The minimum absolute atomic E-state index is 0.0813. The number of carbonyl (C=O) groups is 2. The summed E-state index contributed by atoms with van der Waals surface area (Å²) < 4.78 is 35.4. The monoisotopic (exact) mass is 830 g/mol. The summed E-state index contributed by atoms with van der Waals surface area (Å²) in [6, 6.07) is 0. The zero-order valence-corrected chi connectivity index (χ0v) is 32.7. The zero-order valence-electron chi connectivity index (χ0n) is 31.1. The summed E-state index contributed by atoms with van der Waals surface area (Å²) in [4.78, 5) is 47.8. The Morgan fingerprint density at radius 1 is 0.696 bits per heavy atom. The van der Waals surface area contributed by atoms with E-state index in [0.717, 1.165) is 0 Å². The maximum absolute atomic E-state index is 11.9. The van der Waals surface area contributed by atoms with E-state index in [2.05, 4.69) is 29.9 Å². The summed E-state index contributed by atoms with van der Waals surface area (Å²) in [5, 5.41) is 41.4. The van der Waals surface area contributed by atoms with Crippen molar-refractivity contribution >= 4 is 69.1 Å². The van der Waals surface area contributed by atoms with Gasteiger partial charge < -0.3 is 60.3 Å². The first-order valence-corrected chi connectivity index (χ1v) is 18.0. The Bertz CT molecular complexity index is 1890. The molecule has 308 valence electrons. The van der Waals surface area contributed by atoms with Crippen molar-refractivity contribution in [2.75, 3.05) is 37.9 Å². The predicted molar refractivity (Wildman–Crippen MR) is 195 cm³/mol. The van der Waals surface area contributed by atoms with E-state index in [-0.39, 0.29) is 71.0 Å². The zero-order chi connectivity index (χ0) is 41.3. The maximum atomic E-state index is 11.9. The first-order valence-electron chi connectivity index (χ1n) is 17.3. The van der Waals surface area contributed by atoms with Crippen LogP contribution in [0, 0.1) is 0 Å². The molecule has 0 saturated carbocycles. The molecule has 0 amide bonds. The molecule has 2 aliphatic rings. The molecule has 4 aromatic heterocycles. The van der Waals surface area contributed by atoms with Crippen LogP contribution in [0.1, 0.15) is 54.0 Å².